The van der Waals surface area contributed by atoms with Gasteiger partial charge in [-0.2, -0.15) is 0 Å². The molecular weight excluding hydrogens is 1020 g/mol. The molecule has 0 aliphatic carbocycles. The van der Waals surface area contributed by atoms with E-state index >= 15 is 0 Å². The molecule has 2 N–H and O–H groups in total. The fourth-order valence-electron chi connectivity index (χ4n) is 11.2. The van der Waals surface area contributed by atoms with Crippen LogP contribution in [0.2, 0.25) is 0 Å². The number of quaternary nitrogens is 1. The van der Waals surface area contributed by atoms with Gasteiger partial charge in [0.05, 0.1) is 33.8 Å². The number of amides is 1. The van der Waals surface area contributed by atoms with Crippen LogP contribution >= 0.6 is 7.82 Å². The summed E-state index contributed by atoms with van der Waals surface area (Å²) in [6.07, 6.45) is 73.8. The van der Waals surface area contributed by atoms with E-state index in [1.54, 1.807) is 0 Å². The Bertz CT molecular complexity index is 1390. The highest BCUT2D eigenvalue weighted by Crippen LogP contribution is 2.43. The van der Waals surface area contributed by atoms with Crippen molar-refractivity contribution in [1.29, 1.82) is 0 Å². The molecule has 0 aromatic rings. The fraction of sp³-hybridized carbons (Fsp3) is 0.944. The number of allylic oxidation sites excluding steroid dienone is 1. The maximum absolute atomic E-state index is 13.6. The number of unbranched alkanes of at least 4 members (excludes halogenated alkanes) is 51. The molecule has 0 bridgehead atoms. The van der Waals surface area contributed by atoms with Crippen LogP contribution in [0.3, 0.4) is 0 Å². The number of carbonyl (C=O) groups is 2. The second-order valence-electron chi connectivity index (χ2n) is 26.1. The van der Waals surface area contributed by atoms with Gasteiger partial charge in [0.1, 0.15) is 19.3 Å². The molecule has 0 spiro atoms. The molecule has 0 rings (SSSR count). The van der Waals surface area contributed by atoms with Gasteiger partial charge < -0.3 is 19.4 Å². The minimum Gasteiger partial charge on any atom is -0.456 e. The van der Waals surface area contributed by atoms with E-state index < -0.39 is 20.0 Å². The lowest BCUT2D eigenvalue weighted by Gasteiger charge is -2.27. The van der Waals surface area contributed by atoms with Crippen molar-refractivity contribution in [2.24, 2.45) is 0 Å². The Balaban J connectivity index is 4.95. The number of ether oxygens (including phenoxy) is 1. The second-order valence-corrected chi connectivity index (χ2v) is 27.6. The summed E-state index contributed by atoms with van der Waals surface area (Å²) in [6, 6.07) is -0.840. The van der Waals surface area contributed by atoms with Gasteiger partial charge in [0, 0.05) is 12.8 Å². The van der Waals surface area contributed by atoms with Crippen molar-refractivity contribution in [1.82, 2.24) is 5.32 Å². The van der Waals surface area contributed by atoms with Gasteiger partial charge in [-0.1, -0.05) is 348 Å². The van der Waals surface area contributed by atoms with Crippen molar-refractivity contribution >= 4 is 19.7 Å². The number of phosphoric ester groups is 1. The van der Waals surface area contributed by atoms with Crippen LogP contribution in [0.15, 0.2) is 12.2 Å². The van der Waals surface area contributed by atoms with E-state index in [-0.39, 0.29) is 25.1 Å². The number of carbonyl (C=O) groups excluding carboxylic acids is 2. The van der Waals surface area contributed by atoms with Crippen LogP contribution in [-0.4, -0.2) is 74.3 Å². The second kappa shape index (κ2) is 61.8. The molecular formula is C71H142N2O7P+. The molecule has 10 heteroatoms. The topological polar surface area (TPSA) is 111 Å². The Morgan fingerprint density at radius 2 is 0.704 bits per heavy atom. The summed E-state index contributed by atoms with van der Waals surface area (Å²) >= 11 is 0. The molecule has 0 aromatic heterocycles. The van der Waals surface area contributed by atoms with Crippen LogP contribution in [-0.2, 0) is 27.9 Å². The molecule has 482 valence electrons. The summed E-state index contributed by atoms with van der Waals surface area (Å²) in [4.78, 5) is 37.9. The molecule has 1 amide bonds. The van der Waals surface area contributed by atoms with Crippen LogP contribution in [0.1, 0.15) is 380 Å². The SMILES string of the molecule is CCCCCCCCCCC/C=C/C(OC(=O)CCCCCCCCCCCCCCCCCCCCC)C(COP(=O)(O)OCC[N+](C)(C)C)NC(=O)CCCCCCCCCCCCCCCCCCCCCCCCCCC. The minimum absolute atomic E-state index is 0.0460. The number of nitrogens with zero attached hydrogens (tertiary/aromatic N) is 1. The highest BCUT2D eigenvalue weighted by Gasteiger charge is 2.30. The van der Waals surface area contributed by atoms with Crippen LogP contribution in [0, 0.1) is 0 Å². The van der Waals surface area contributed by atoms with Crippen molar-refractivity contribution in [3.05, 3.63) is 12.2 Å². The maximum atomic E-state index is 13.6. The van der Waals surface area contributed by atoms with Crippen LogP contribution in [0.5, 0.6) is 0 Å². The summed E-state index contributed by atoms with van der Waals surface area (Å²) in [6.45, 7) is 7.09. The molecule has 0 aromatic carbocycles. The largest absolute Gasteiger partial charge is 0.472 e. The van der Waals surface area contributed by atoms with Crippen LogP contribution in [0.25, 0.3) is 0 Å². The molecule has 3 unspecified atom stereocenters. The number of rotatable bonds is 67. The van der Waals surface area contributed by atoms with Gasteiger partial charge in [0.25, 0.3) is 0 Å². The summed E-state index contributed by atoms with van der Waals surface area (Å²) in [5, 5.41) is 3.08. The molecule has 0 saturated heterocycles. The lowest BCUT2D eigenvalue weighted by atomic mass is 10.0. The Morgan fingerprint density at radius 3 is 1.01 bits per heavy atom. The molecule has 0 radical (unpaired) electrons. The Morgan fingerprint density at radius 1 is 0.420 bits per heavy atom. The van der Waals surface area contributed by atoms with Gasteiger partial charge in [-0.15, -0.1) is 0 Å². The van der Waals surface area contributed by atoms with E-state index in [2.05, 4.69) is 26.1 Å². The first-order valence-electron chi connectivity index (χ1n) is 36.0. The Kier molecular flexibility index (Phi) is 60.9. The van der Waals surface area contributed by atoms with E-state index in [0.29, 0.717) is 23.9 Å². The van der Waals surface area contributed by atoms with Gasteiger partial charge in [0.15, 0.2) is 0 Å². The van der Waals surface area contributed by atoms with E-state index in [0.717, 1.165) is 57.8 Å². The van der Waals surface area contributed by atoms with Gasteiger partial charge in [0.2, 0.25) is 5.91 Å². The summed E-state index contributed by atoms with van der Waals surface area (Å²) in [5.41, 5.74) is 0. The zero-order valence-electron chi connectivity index (χ0n) is 55.3. The normalized spacial score (nSPS) is 13.5. The summed E-state index contributed by atoms with van der Waals surface area (Å²) in [5.74, 6) is -0.478. The monoisotopic (exact) mass is 1170 g/mol. The highest BCUT2D eigenvalue weighted by atomic mass is 31.2. The fourth-order valence-corrected chi connectivity index (χ4v) is 11.9. The first kappa shape index (κ1) is 79.8. The lowest BCUT2D eigenvalue weighted by Crippen LogP contribution is -2.47. The highest BCUT2D eigenvalue weighted by molar-refractivity contribution is 7.47. The molecule has 0 fully saturated rings. The van der Waals surface area contributed by atoms with Gasteiger partial charge >= 0.3 is 13.8 Å². The van der Waals surface area contributed by atoms with Gasteiger partial charge in [-0.05, 0) is 31.8 Å². The first-order chi connectivity index (χ1) is 39.4. The van der Waals surface area contributed by atoms with Crippen molar-refractivity contribution in [2.45, 2.75) is 392 Å². The van der Waals surface area contributed by atoms with Crippen molar-refractivity contribution < 1.29 is 37.3 Å². The number of esters is 1. The molecule has 0 aliphatic heterocycles. The van der Waals surface area contributed by atoms with Crippen LogP contribution < -0.4 is 5.32 Å². The van der Waals surface area contributed by atoms with Gasteiger partial charge in [-0.25, -0.2) is 4.57 Å². The smallest absolute Gasteiger partial charge is 0.456 e. The predicted octanol–water partition coefficient (Wildman–Crippen LogP) is 22.7. The zero-order chi connectivity index (χ0) is 59.3. The quantitative estimate of drug-likeness (QED) is 0.0205. The standard InChI is InChI=1S/C71H141N2O7P/c1-7-10-13-16-19-22-25-27-29-31-33-34-35-36-37-38-40-41-43-45-48-51-54-57-60-63-70(74)72-68(67-79-81(76,77)78-66-65-73(4,5)6)69(62-59-56-53-50-47-24-21-18-15-12-9-3)80-71(75)64-61-58-55-52-49-46-44-42-39-32-30-28-26-23-20-17-14-11-8-2/h59,62,68-69H,7-58,60-61,63-67H2,1-6H3,(H-,72,74,76,77)/p+1/b62-59+. The third-order valence-corrected chi connectivity index (χ3v) is 17.7. The average Bonchev–Trinajstić information content (AvgIpc) is 3.43. The molecule has 0 aliphatic rings. The van der Waals surface area contributed by atoms with E-state index in [9.17, 15) is 19.0 Å². The zero-order valence-corrected chi connectivity index (χ0v) is 56.2. The molecule has 0 saturated carbocycles. The van der Waals surface area contributed by atoms with Crippen molar-refractivity contribution in [3.8, 4) is 0 Å². The van der Waals surface area contributed by atoms with Gasteiger partial charge in [-0.3, -0.25) is 18.6 Å². The summed E-state index contributed by atoms with van der Waals surface area (Å²) < 4.78 is 30.8. The van der Waals surface area contributed by atoms with Crippen molar-refractivity contribution in [2.75, 3.05) is 40.9 Å². The number of likely N-dealkylation sites (N-methyl/N-ethyl adjacent to an activating group) is 1. The van der Waals surface area contributed by atoms with Crippen molar-refractivity contribution in [3.63, 3.8) is 0 Å². The molecule has 81 heavy (non-hydrogen) atoms. The maximum Gasteiger partial charge on any atom is 0.472 e. The minimum atomic E-state index is -4.44. The third-order valence-electron chi connectivity index (χ3n) is 16.7. The van der Waals surface area contributed by atoms with E-state index in [1.807, 2.05) is 33.3 Å². The number of hydrogen-bond donors (Lipinski definition) is 2. The van der Waals surface area contributed by atoms with E-state index in [1.165, 1.54) is 289 Å². The Hall–Kier alpha value is -1.25. The Labute approximate surface area is 505 Å². The molecule has 3 atom stereocenters. The van der Waals surface area contributed by atoms with E-state index in [4.69, 9.17) is 13.8 Å². The lowest BCUT2D eigenvalue weighted by molar-refractivity contribution is -0.870. The summed E-state index contributed by atoms with van der Waals surface area (Å²) in [7, 11) is 1.52. The third kappa shape index (κ3) is 63.1. The number of phosphoric acid groups is 1. The molecule has 9 nitrogen and oxygen atoms in total. The number of nitrogens with one attached hydrogen (secondary N) is 1. The van der Waals surface area contributed by atoms with Crippen LogP contribution in [0.4, 0.5) is 0 Å². The number of hydrogen-bond acceptors (Lipinski definition) is 6. The first-order valence-corrected chi connectivity index (χ1v) is 37.5. The molecule has 0 heterocycles. The average molecular weight is 1170 g/mol. The predicted molar refractivity (Wildman–Crippen MR) is 351 cm³/mol.